The molecule has 3 aromatic rings. The van der Waals surface area contributed by atoms with Gasteiger partial charge >= 0.3 is 0 Å². The summed E-state index contributed by atoms with van der Waals surface area (Å²) < 4.78 is 20.7. The zero-order chi connectivity index (χ0) is 20.4. The van der Waals surface area contributed by atoms with E-state index in [2.05, 4.69) is 15.1 Å². The van der Waals surface area contributed by atoms with Gasteiger partial charge in [0.15, 0.2) is 0 Å². The summed E-state index contributed by atoms with van der Waals surface area (Å²) in [5.41, 5.74) is 2.17. The maximum atomic E-state index is 13.2. The van der Waals surface area contributed by atoms with Gasteiger partial charge in [-0.15, -0.1) is 0 Å². The van der Waals surface area contributed by atoms with Crippen LogP contribution >= 0.6 is 0 Å². The highest BCUT2D eigenvalue weighted by molar-refractivity contribution is 5.95. The molecule has 29 heavy (non-hydrogen) atoms. The van der Waals surface area contributed by atoms with Crippen LogP contribution < -0.4 is 4.74 Å². The number of ether oxygens (including phenoxy) is 1. The van der Waals surface area contributed by atoms with Crippen LogP contribution in [0.4, 0.5) is 4.39 Å². The Labute approximate surface area is 168 Å². The molecule has 1 saturated heterocycles. The largest absolute Gasteiger partial charge is 0.437 e. The van der Waals surface area contributed by atoms with Crippen molar-refractivity contribution in [1.29, 1.82) is 0 Å². The van der Waals surface area contributed by atoms with Crippen molar-refractivity contribution in [2.24, 2.45) is 7.05 Å². The van der Waals surface area contributed by atoms with Gasteiger partial charge in [0.1, 0.15) is 17.3 Å². The van der Waals surface area contributed by atoms with Gasteiger partial charge in [0.2, 0.25) is 5.88 Å². The van der Waals surface area contributed by atoms with Crippen LogP contribution in [0.2, 0.25) is 0 Å². The molecule has 1 aliphatic rings. The predicted molar refractivity (Wildman–Crippen MR) is 104 cm³/mol. The number of amides is 1. The zero-order valence-electron chi connectivity index (χ0n) is 16.4. The Bertz CT molecular complexity index is 1020. The van der Waals surface area contributed by atoms with Gasteiger partial charge in [0, 0.05) is 44.1 Å². The highest BCUT2D eigenvalue weighted by Crippen LogP contribution is 2.33. The van der Waals surface area contributed by atoms with Gasteiger partial charge in [0.05, 0.1) is 11.8 Å². The molecule has 7 nitrogen and oxygen atoms in total. The quantitative estimate of drug-likeness (QED) is 0.676. The number of aromatic nitrogens is 4. The van der Waals surface area contributed by atoms with Crippen molar-refractivity contribution in [1.82, 2.24) is 24.6 Å². The molecule has 0 N–H and O–H groups in total. The summed E-state index contributed by atoms with van der Waals surface area (Å²) in [6.07, 6.45) is 6.55. The van der Waals surface area contributed by atoms with Crippen LogP contribution in [0, 0.1) is 12.7 Å². The molecular formula is C21H22FN5O2. The van der Waals surface area contributed by atoms with Crippen molar-refractivity contribution in [2.75, 3.05) is 13.1 Å². The Morgan fingerprint density at radius 1 is 1.21 bits per heavy atom. The van der Waals surface area contributed by atoms with Crippen LogP contribution in [-0.2, 0) is 7.05 Å². The number of hydrogen-bond acceptors (Lipinski definition) is 5. The van der Waals surface area contributed by atoms with Crippen LogP contribution in [-0.4, -0.2) is 43.6 Å². The maximum absolute atomic E-state index is 13.2. The summed E-state index contributed by atoms with van der Waals surface area (Å²) in [6.45, 7) is 3.11. The second-order valence-electron chi connectivity index (χ2n) is 7.16. The second kappa shape index (κ2) is 7.98. The zero-order valence-corrected chi connectivity index (χ0v) is 16.4. The molecule has 1 atom stereocenters. The lowest BCUT2D eigenvalue weighted by atomic mass is 9.94. The fourth-order valence-corrected chi connectivity index (χ4v) is 3.57. The molecule has 0 aliphatic carbocycles. The lowest BCUT2D eigenvalue weighted by molar-refractivity contribution is 0.0704. The number of likely N-dealkylation sites (tertiary alicyclic amines) is 1. The molecule has 0 spiro atoms. The van der Waals surface area contributed by atoms with Crippen molar-refractivity contribution >= 4 is 5.91 Å². The van der Waals surface area contributed by atoms with E-state index < -0.39 is 0 Å². The number of piperidine rings is 1. The number of benzene rings is 1. The Morgan fingerprint density at radius 3 is 2.69 bits per heavy atom. The molecule has 0 radical (unpaired) electrons. The van der Waals surface area contributed by atoms with Gasteiger partial charge in [-0.05, 0) is 44.0 Å². The van der Waals surface area contributed by atoms with Crippen LogP contribution in [0.5, 0.6) is 11.6 Å². The fourth-order valence-electron chi connectivity index (χ4n) is 3.57. The Balaban J connectivity index is 1.55. The van der Waals surface area contributed by atoms with E-state index in [0.717, 1.165) is 18.5 Å². The number of carbonyl (C=O) groups is 1. The minimum absolute atomic E-state index is 0.00817. The summed E-state index contributed by atoms with van der Waals surface area (Å²) in [7, 11) is 1.82. The van der Waals surface area contributed by atoms with E-state index >= 15 is 0 Å². The van der Waals surface area contributed by atoms with E-state index in [1.165, 1.54) is 12.1 Å². The molecule has 1 amide bonds. The summed E-state index contributed by atoms with van der Waals surface area (Å²) in [5.74, 6) is 0.529. The first-order valence-electron chi connectivity index (χ1n) is 9.55. The minimum atomic E-state index is -0.330. The Hall–Kier alpha value is -3.29. The molecular weight excluding hydrogens is 373 g/mol. The van der Waals surface area contributed by atoms with Gasteiger partial charge in [-0.2, -0.15) is 5.10 Å². The molecule has 1 aromatic carbocycles. The van der Waals surface area contributed by atoms with Crippen molar-refractivity contribution < 1.29 is 13.9 Å². The number of halogens is 1. The maximum Gasteiger partial charge on any atom is 0.257 e. The molecule has 1 fully saturated rings. The third-order valence-corrected chi connectivity index (χ3v) is 5.28. The molecule has 0 saturated carbocycles. The third-order valence-electron chi connectivity index (χ3n) is 5.28. The monoisotopic (exact) mass is 395 g/mol. The van der Waals surface area contributed by atoms with E-state index in [1.54, 1.807) is 35.4 Å². The molecule has 8 heteroatoms. The van der Waals surface area contributed by atoms with Gasteiger partial charge in [-0.25, -0.2) is 9.37 Å². The SMILES string of the molecule is Cc1c(C(=O)N2CCC[C@H](c3nccnc3Oc3ccc(F)cc3)C2)cnn1C. The van der Waals surface area contributed by atoms with E-state index in [9.17, 15) is 9.18 Å². The standard InChI is InChI=1S/C21H22FN5O2/c1-14-18(12-25-26(14)2)21(28)27-11-3-4-15(13-27)19-20(24-10-9-23-19)29-17-7-5-16(22)6-8-17/h5-10,12,15H,3-4,11,13H2,1-2H3/t15-/m0/s1. The summed E-state index contributed by atoms with van der Waals surface area (Å²) >= 11 is 0. The summed E-state index contributed by atoms with van der Waals surface area (Å²) in [6, 6.07) is 5.77. The number of aryl methyl sites for hydroxylation is 1. The number of rotatable bonds is 4. The number of hydrogen-bond donors (Lipinski definition) is 0. The third kappa shape index (κ3) is 3.96. The van der Waals surface area contributed by atoms with Crippen molar-refractivity contribution in [3.8, 4) is 11.6 Å². The van der Waals surface area contributed by atoms with Crippen molar-refractivity contribution in [3.63, 3.8) is 0 Å². The first-order valence-corrected chi connectivity index (χ1v) is 9.55. The fraction of sp³-hybridized carbons (Fsp3) is 0.333. The Kier molecular flexibility index (Phi) is 5.24. The van der Waals surface area contributed by atoms with Crippen LogP contribution in [0.15, 0.2) is 42.9 Å². The van der Waals surface area contributed by atoms with Gasteiger partial charge in [-0.3, -0.25) is 14.5 Å². The molecule has 3 heterocycles. The van der Waals surface area contributed by atoms with Crippen molar-refractivity contribution in [2.45, 2.75) is 25.7 Å². The van der Waals surface area contributed by atoms with Crippen LogP contribution in [0.3, 0.4) is 0 Å². The van der Waals surface area contributed by atoms with E-state index in [-0.39, 0.29) is 17.6 Å². The summed E-state index contributed by atoms with van der Waals surface area (Å²) in [5, 5.41) is 4.18. The summed E-state index contributed by atoms with van der Waals surface area (Å²) in [4.78, 5) is 23.6. The first-order chi connectivity index (χ1) is 14.0. The highest BCUT2D eigenvalue weighted by Gasteiger charge is 2.30. The predicted octanol–water partition coefficient (Wildman–Crippen LogP) is 3.47. The molecule has 4 rings (SSSR count). The van der Waals surface area contributed by atoms with E-state index in [4.69, 9.17) is 4.74 Å². The number of nitrogens with zero attached hydrogens (tertiary/aromatic N) is 5. The number of carbonyl (C=O) groups excluding carboxylic acids is 1. The average molecular weight is 395 g/mol. The van der Waals surface area contributed by atoms with Crippen LogP contribution in [0.25, 0.3) is 0 Å². The van der Waals surface area contributed by atoms with Crippen LogP contribution in [0.1, 0.15) is 40.5 Å². The molecule has 1 aliphatic heterocycles. The van der Waals surface area contributed by atoms with Gasteiger partial charge in [-0.1, -0.05) is 0 Å². The van der Waals surface area contributed by atoms with E-state index in [1.807, 2.05) is 18.9 Å². The molecule has 0 bridgehead atoms. The molecule has 0 unspecified atom stereocenters. The Morgan fingerprint density at radius 2 is 1.97 bits per heavy atom. The first kappa shape index (κ1) is 19.0. The van der Waals surface area contributed by atoms with E-state index in [0.29, 0.717) is 36.0 Å². The topological polar surface area (TPSA) is 73.1 Å². The minimum Gasteiger partial charge on any atom is -0.437 e. The van der Waals surface area contributed by atoms with Gasteiger partial charge < -0.3 is 9.64 Å². The van der Waals surface area contributed by atoms with Crippen molar-refractivity contribution in [3.05, 3.63) is 65.6 Å². The molecule has 150 valence electrons. The average Bonchev–Trinajstić information content (AvgIpc) is 3.08. The highest BCUT2D eigenvalue weighted by atomic mass is 19.1. The smallest absolute Gasteiger partial charge is 0.257 e. The second-order valence-corrected chi connectivity index (χ2v) is 7.16. The lowest BCUT2D eigenvalue weighted by Gasteiger charge is -2.32. The molecule has 2 aromatic heterocycles. The normalized spacial score (nSPS) is 16.7. The lowest BCUT2D eigenvalue weighted by Crippen LogP contribution is -2.39. The van der Waals surface area contributed by atoms with Gasteiger partial charge in [0.25, 0.3) is 5.91 Å².